The highest BCUT2D eigenvalue weighted by molar-refractivity contribution is 7.15. The number of rotatable bonds is 7. The molecule has 120 valence electrons. The van der Waals surface area contributed by atoms with Gasteiger partial charge in [-0.15, -0.1) is 11.3 Å². The summed E-state index contributed by atoms with van der Waals surface area (Å²) in [4.78, 5) is 8.78. The summed E-state index contributed by atoms with van der Waals surface area (Å²) in [5, 5.41) is 4.66. The maximum atomic E-state index is 5.08. The Balaban J connectivity index is 2.02. The van der Waals surface area contributed by atoms with Crippen LogP contribution in [0.15, 0.2) is 0 Å². The molecule has 21 heavy (non-hydrogen) atoms. The molecular formula is C16H29N3OS. The summed E-state index contributed by atoms with van der Waals surface area (Å²) in [5.41, 5.74) is 1.26. The topological polar surface area (TPSA) is 37.4 Å². The van der Waals surface area contributed by atoms with Gasteiger partial charge in [0.2, 0.25) is 0 Å². The lowest BCUT2D eigenvalue weighted by atomic mass is 10.00. The second-order valence-corrected chi connectivity index (χ2v) is 7.36. The van der Waals surface area contributed by atoms with Crippen molar-refractivity contribution in [2.75, 3.05) is 38.3 Å². The van der Waals surface area contributed by atoms with Crippen LogP contribution in [0.4, 0.5) is 5.13 Å². The van der Waals surface area contributed by atoms with E-state index in [0.717, 1.165) is 38.7 Å². The normalized spacial score (nSPS) is 16.9. The number of aromatic nitrogens is 1. The van der Waals surface area contributed by atoms with Crippen LogP contribution in [0.5, 0.6) is 0 Å². The minimum atomic E-state index is 0.484. The molecule has 1 aliphatic heterocycles. The number of hydrogen-bond donors (Lipinski definition) is 1. The fourth-order valence-corrected chi connectivity index (χ4v) is 3.88. The Hall–Kier alpha value is -0.650. The third kappa shape index (κ3) is 4.66. The van der Waals surface area contributed by atoms with Gasteiger partial charge in [0.25, 0.3) is 0 Å². The Morgan fingerprint density at radius 1 is 1.38 bits per heavy atom. The SMILES string of the molecule is COCCNCc1sc(N2CCC(C)CC2)nc1C(C)C. The fraction of sp³-hybridized carbons (Fsp3) is 0.812. The Bertz CT molecular complexity index is 425. The molecule has 0 radical (unpaired) electrons. The fourth-order valence-electron chi connectivity index (χ4n) is 2.64. The number of ether oxygens (including phenoxy) is 1. The number of piperidine rings is 1. The number of thiazole rings is 1. The summed E-state index contributed by atoms with van der Waals surface area (Å²) < 4.78 is 5.08. The van der Waals surface area contributed by atoms with Crippen molar-refractivity contribution in [3.63, 3.8) is 0 Å². The quantitative estimate of drug-likeness (QED) is 0.785. The van der Waals surface area contributed by atoms with Crippen molar-refractivity contribution in [2.24, 2.45) is 5.92 Å². The van der Waals surface area contributed by atoms with Crippen LogP contribution in [0.1, 0.15) is 50.1 Å². The minimum Gasteiger partial charge on any atom is -0.383 e. The predicted octanol–water partition coefficient (Wildman–Crippen LogP) is 3.24. The molecule has 0 aromatic carbocycles. The molecule has 0 unspecified atom stereocenters. The van der Waals surface area contributed by atoms with Gasteiger partial charge in [-0.05, 0) is 24.7 Å². The zero-order valence-electron chi connectivity index (χ0n) is 13.8. The zero-order chi connectivity index (χ0) is 15.2. The van der Waals surface area contributed by atoms with Gasteiger partial charge in [-0.2, -0.15) is 0 Å². The number of methoxy groups -OCH3 is 1. The van der Waals surface area contributed by atoms with E-state index in [0.29, 0.717) is 5.92 Å². The highest BCUT2D eigenvalue weighted by atomic mass is 32.1. The largest absolute Gasteiger partial charge is 0.383 e. The van der Waals surface area contributed by atoms with E-state index in [1.54, 1.807) is 7.11 Å². The van der Waals surface area contributed by atoms with Gasteiger partial charge < -0.3 is 15.0 Å². The number of anilines is 1. The first-order valence-electron chi connectivity index (χ1n) is 8.06. The van der Waals surface area contributed by atoms with E-state index in [1.165, 1.54) is 28.5 Å². The van der Waals surface area contributed by atoms with E-state index in [4.69, 9.17) is 9.72 Å². The van der Waals surface area contributed by atoms with Gasteiger partial charge in [0.1, 0.15) is 0 Å². The lowest BCUT2D eigenvalue weighted by Crippen LogP contribution is -2.32. The van der Waals surface area contributed by atoms with E-state index in [1.807, 2.05) is 11.3 Å². The molecule has 1 aliphatic rings. The predicted molar refractivity (Wildman–Crippen MR) is 90.4 cm³/mol. The Labute approximate surface area is 132 Å². The number of nitrogens with zero attached hydrogens (tertiary/aromatic N) is 2. The second kappa shape index (κ2) is 8.11. The molecule has 0 bridgehead atoms. The summed E-state index contributed by atoms with van der Waals surface area (Å²) in [6, 6.07) is 0. The van der Waals surface area contributed by atoms with Gasteiger partial charge in [-0.25, -0.2) is 4.98 Å². The third-order valence-electron chi connectivity index (χ3n) is 4.09. The van der Waals surface area contributed by atoms with Crippen molar-refractivity contribution in [3.8, 4) is 0 Å². The van der Waals surface area contributed by atoms with Crippen LogP contribution in [0.3, 0.4) is 0 Å². The standard InChI is InChI=1S/C16H29N3OS/c1-12(2)15-14(11-17-7-10-20-4)21-16(18-15)19-8-5-13(3)6-9-19/h12-13,17H,5-11H2,1-4H3. The maximum Gasteiger partial charge on any atom is 0.185 e. The Kier molecular flexibility index (Phi) is 6.45. The van der Waals surface area contributed by atoms with Crippen LogP contribution in [0, 0.1) is 5.92 Å². The van der Waals surface area contributed by atoms with Crippen molar-refractivity contribution in [1.82, 2.24) is 10.3 Å². The van der Waals surface area contributed by atoms with Crippen molar-refractivity contribution in [1.29, 1.82) is 0 Å². The zero-order valence-corrected chi connectivity index (χ0v) is 14.6. The summed E-state index contributed by atoms with van der Waals surface area (Å²) in [7, 11) is 1.74. The summed E-state index contributed by atoms with van der Waals surface area (Å²) >= 11 is 1.87. The van der Waals surface area contributed by atoms with Gasteiger partial charge in [-0.1, -0.05) is 20.8 Å². The molecular weight excluding hydrogens is 282 g/mol. The monoisotopic (exact) mass is 311 g/mol. The van der Waals surface area contributed by atoms with Crippen molar-refractivity contribution < 1.29 is 4.74 Å². The van der Waals surface area contributed by atoms with Crippen LogP contribution >= 0.6 is 11.3 Å². The average Bonchev–Trinajstić information content (AvgIpc) is 2.89. The van der Waals surface area contributed by atoms with Gasteiger partial charge >= 0.3 is 0 Å². The molecule has 1 saturated heterocycles. The summed E-state index contributed by atoms with van der Waals surface area (Å²) in [5.74, 6) is 1.35. The molecule has 1 fully saturated rings. The van der Waals surface area contributed by atoms with Gasteiger partial charge in [0, 0.05) is 38.2 Å². The highest BCUT2D eigenvalue weighted by Gasteiger charge is 2.21. The number of hydrogen-bond acceptors (Lipinski definition) is 5. The lowest BCUT2D eigenvalue weighted by Gasteiger charge is -2.29. The van der Waals surface area contributed by atoms with E-state index >= 15 is 0 Å². The molecule has 1 aromatic heterocycles. The maximum absolute atomic E-state index is 5.08. The molecule has 2 rings (SSSR count). The molecule has 0 amide bonds. The average molecular weight is 311 g/mol. The third-order valence-corrected chi connectivity index (χ3v) is 5.22. The van der Waals surface area contributed by atoms with Crippen molar-refractivity contribution in [2.45, 2.75) is 46.1 Å². The van der Waals surface area contributed by atoms with Crippen LogP contribution in [0.2, 0.25) is 0 Å². The van der Waals surface area contributed by atoms with Crippen LogP contribution in [0.25, 0.3) is 0 Å². The van der Waals surface area contributed by atoms with E-state index in [2.05, 4.69) is 31.0 Å². The molecule has 2 heterocycles. The summed E-state index contributed by atoms with van der Waals surface area (Å²) in [6.07, 6.45) is 2.58. The van der Waals surface area contributed by atoms with E-state index < -0.39 is 0 Å². The van der Waals surface area contributed by atoms with Gasteiger partial charge in [-0.3, -0.25) is 0 Å². The smallest absolute Gasteiger partial charge is 0.185 e. The molecule has 1 aromatic rings. The summed E-state index contributed by atoms with van der Waals surface area (Å²) in [6.45, 7) is 11.7. The molecule has 4 nitrogen and oxygen atoms in total. The Morgan fingerprint density at radius 2 is 2.10 bits per heavy atom. The molecule has 1 N–H and O–H groups in total. The molecule has 0 atom stereocenters. The van der Waals surface area contributed by atoms with Crippen LogP contribution in [-0.2, 0) is 11.3 Å². The van der Waals surface area contributed by atoms with Crippen LogP contribution < -0.4 is 10.2 Å². The van der Waals surface area contributed by atoms with Crippen LogP contribution in [-0.4, -0.2) is 38.3 Å². The molecule has 0 spiro atoms. The first-order valence-corrected chi connectivity index (χ1v) is 8.87. The van der Waals surface area contributed by atoms with Crippen molar-refractivity contribution in [3.05, 3.63) is 10.6 Å². The Morgan fingerprint density at radius 3 is 2.71 bits per heavy atom. The van der Waals surface area contributed by atoms with E-state index in [-0.39, 0.29) is 0 Å². The molecule has 0 aliphatic carbocycles. The minimum absolute atomic E-state index is 0.484. The molecule has 0 saturated carbocycles. The molecule has 5 heteroatoms. The van der Waals surface area contributed by atoms with Crippen molar-refractivity contribution >= 4 is 16.5 Å². The van der Waals surface area contributed by atoms with Gasteiger partial charge in [0.05, 0.1) is 12.3 Å². The first kappa shape index (κ1) is 16.7. The lowest BCUT2D eigenvalue weighted by molar-refractivity contribution is 0.199. The van der Waals surface area contributed by atoms with Gasteiger partial charge in [0.15, 0.2) is 5.13 Å². The first-order chi connectivity index (χ1) is 10.1. The number of nitrogens with one attached hydrogen (secondary N) is 1. The highest BCUT2D eigenvalue weighted by Crippen LogP contribution is 2.32. The second-order valence-electron chi connectivity index (χ2n) is 6.30. The van der Waals surface area contributed by atoms with E-state index in [9.17, 15) is 0 Å².